The first-order valence-electron chi connectivity index (χ1n) is 6.38. The van der Waals surface area contributed by atoms with Gasteiger partial charge in [-0.15, -0.1) is 0 Å². The summed E-state index contributed by atoms with van der Waals surface area (Å²) < 4.78 is 5.22. The van der Waals surface area contributed by atoms with E-state index in [4.69, 9.17) is 4.74 Å². The Bertz CT molecular complexity index is 615. The largest absolute Gasteiger partial charge is 0.495 e. The lowest BCUT2D eigenvalue weighted by Gasteiger charge is -2.06. The summed E-state index contributed by atoms with van der Waals surface area (Å²) in [6.45, 7) is 1.99. The van der Waals surface area contributed by atoms with Crippen molar-refractivity contribution in [3.63, 3.8) is 0 Å². The lowest BCUT2D eigenvalue weighted by molar-refractivity contribution is 0.104. The maximum atomic E-state index is 11.9. The number of methoxy groups -OCH3 is 1. The van der Waals surface area contributed by atoms with Crippen molar-refractivity contribution in [2.75, 3.05) is 12.4 Å². The maximum absolute atomic E-state index is 11.9. The van der Waals surface area contributed by atoms with Gasteiger partial charge in [0.25, 0.3) is 0 Å². The van der Waals surface area contributed by atoms with E-state index in [-0.39, 0.29) is 5.78 Å². The molecule has 0 heterocycles. The lowest BCUT2D eigenvalue weighted by atomic mass is 10.1. The molecule has 0 spiro atoms. The van der Waals surface area contributed by atoms with E-state index in [1.165, 1.54) is 6.08 Å². The number of carbonyl (C=O) groups excluding carboxylic acids is 1. The third kappa shape index (κ3) is 3.48. The number of nitrogens with one attached hydrogen (secondary N) is 1. The van der Waals surface area contributed by atoms with Crippen LogP contribution in [0.1, 0.15) is 15.9 Å². The summed E-state index contributed by atoms with van der Waals surface area (Å²) in [5.74, 6) is 0.701. The summed E-state index contributed by atoms with van der Waals surface area (Å²) in [4.78, 5) is 11.9. The van der Waals surface area contributed by atoms with E-state index in [1.54, 1.807) is 13.3 Å². The van der Waals surface area contributed by atoms with Crippen LogP contribution in [-0.4, -0.2) is 12.9 Å². The van der Waals surface area contributed by atoms with Crippen LogP contribution in [0.4, 0.5) is 5.69 Å². The van der Waals surface area contributed by atoms with Crippen LogP contribution < -0.4 is 10.1 Å². The zero-order chi connectivity index (χ0) is 14.4. The van der Waals surface area contributed by atoms with Gasteiger partial charge in [-0.3, -0.25) is 4.79 Å². The summed E-state index contributed by atoms with van der Waals surface area (Å²) in [5.41, 5.74) is 2.63. The zero-order valence-electron chi connectivity index (χ0n) is 11.6. The predicted molar refractivity (Wildman–Crippen MR) is 81.3 cm³/mol. The first-order valence-corrected chi connectivity index (χ1v) is 6.38. The Balaban J connectivity index is 2.03. The summed E-state index contributed by atoms with van der Waals surface area (Å²) >= 11 is 0. The molecule has 0 atom stereocenters. The van der Waals surface area contributed by atoms with E-state index in [1.807, 2.05) is 55.5 Å². The topological polar surface area (TPSA) is 38.3 Å². The highest BCUT2D eigenvalue weighted by molar-refractivity contribution is 6.04. The number of hydrogen-bond donors (Lipinski definition) is 1. The van der Waals surface area contributed by atoms with E-state index in [0.29, 0.717) is 5.56 Å². The Hall–Kier alpha value is -2.55. The molecule has 0 fully saturated rings. The number of hydrogen-bond acceptors (Lipinski definition) is 3. The Morgan fingerprint density at radius 1 is 1.10 bits per heavy atom. The lowest BCUT2D eigenvalue weighted by Crippen LogP contribution is -1.97. The van der Waals surface area contributed by atoms with Crippen LogP contribution in [0.25, 0.3) is 0 Å². The van der Waals surface area contributed by atoms with Gasteiger partial charge in [0.2, 0.25) is 0 Å². The molecular weight excluding hydrogens is 250 g/mol. The van der Waals surface area contributed by atoms with E-state index in [0.717, 1.165) is 17.0 Å². The van der Waals surface area contributed by atoms with Gasteiger partial charge < -0.3 is 10.1 Å². The molecule has 0 amide bonds. The molecule has 0 radical (unpaired) electrons. The van der Waals surface area contributed by atoms with Gasteiger partial charge >= 0.3 is 0 Å². The SMILES string of the molecule is COc1ccccc1NC=CC(=O)c1ccc(C)cc1. The van der Waals surface area contributed by atoms with Gasteiger partial charge in [0.15, 0.2) is 5.78 Å². The normalized spacial score (nSPS) is 10.5. The second-order valence-electron chi connectivity index (χ2n) is 4.41. The molecule has 0 unspecified atom stereocenters. The summed E-state index contributed by atoms with van der Waals surface area (Å²) in [6, 6.07) is 15.0. The van der Waals surface area contributed by atoms with Crippen molar-refractivity contribution >= 4 is 11.5 Å². The van der Waals surface area contributed by atoms with Crippen molar-refractivity contribution < 1.29 is 9.53 Å². The molecule has 3 nitrogen and oxygen atoms in total. The number of anilines is 1. The van der Waals surface area contributed by atoms with Gasteiger partial charge in [0, 0.05) is 17.8 Å². The van der Waals surface area contributed by atoms with Crippen LogP contribution >= 0.6 is 0 Å². The van der Waals surface area contributed by atoms with Gasteiger partial charge in [-0.1, -0.05) is 42.0 Å². The second kappa shape index (κ2) is 6.57. The molecule has 0 bridgehead atoms. The van der Waals surface area contributed by atoms with E-state index < -0.39 is 0 Å². The Morgan fingerprint density at radius 3 is 2.50 bits per heavy atom. The molecule has 0 saturated carbocycles. The molecule has 0 aliphatic heterocycles. The third-order valence-electron chi connectivity index (χ3n) is 2.92. The zero-order valence-corrected chi connectivity index (χ0v) is 11.6. The number of ketones is 1. The minimum Gasteiger partial charge on any atom is -0.495 e. The van der Waals surface area contributed by atoms with E-state index >= 15 is 0 Å². The molecule has 2 aromatic rings. The summed E-state index contributed by atoms with van der Waals surface area (Å²) in [6.07, 6.45) is 3.14. The Labute approximate surface area is 118 Å². The highest BCUT2D eigenvalue weighted by atomic mass is 16.5. The molecule has 1 N–H and O–H groups in total. The van der Waals surface area contributed by atoms with Gasteiger partial charge in [-0.2, -0.15) is 0 Å². The van der Waals surface area contributed by atoms with Gasteiger partial charge in [-0.25, -0.2) is 0 Å². The van der Waals surface area contributed by atoms with E-state index in [9.17, 15) is 4.79 Å². The molecule has 20 heavy (non-hydrogen) atoms. The minimum atomic E-state index is -0.0348. The molecule has 0 aliphatic carbocycles. The first kappa shape index (κ1) is 13.9. The highest BCUT2D eigenvalue weighted by Crippen LogP contribution is 2.22. The average molecular weight is 267 g/mol. The number of allylic oxidation sites excluding steroid dienone is 1. The monoisotopic (exact) mass is 267 g/mol. The Morgan fingerprint density at radius 2 is 1.80 bits per heavy atom. The molecule has 2 rings (SSSR count). The smallest absolute Gasteiger partial charge is 0.187 e. The molecular formula is C17H17NO2. The molecule has 2 aromatic carbocycles. The van der Waals surface area contributed by atoms with Crippen molar-refractivity contribution in [2.45, 2.75) is 6.92 Å². The van der Waals surface area contributed by atoms with Crippen molar-refractivity contribution in [3.05, 3.63) is 71.9 Å². The first-order chi connectivity index (χ1) is 9.70. The number of ether oxygens (including phenoxy) is 1. The van der Waals surface area contributed by atoms with Crippen LogP contribution in [0.3, 0.4) is 0 Å². The standard InChI is InChI=1S/C17H17NO2/c1-13-7-9-14(10-8-13)16(19)11-12-18-15-5-3-4-6-17(15)20-2/h3-12,18H,1-2H3. The fraction of sp³-hybridized carbons (Fsp3) is 0.118. The van der Waals surface area contributed by atoms with Crippen molar-refractivity contribution in [3.8, 4) is 5.75 Å². The number of benzene rings is 2. The number of carbonyl (C=O) groups is 1. The fourth-order valence-corrected chi connectivity index (χ4v) is 1.79. The molecule has 3 heteroatoms. The van der Waals surface area contributed by atoms with Gasteiger partial charge in [0.1, 0.15) is 5.75 Å². The van der Waals surface area contributed by atoms with Crippen molar-refractivity contribution in [1.82, 2.24) is 0 Å². The third-order valence-corrected chi connectivity index (χ3v) is 2.92. The molecule has 0 aliphatic rings. The van der Waals surface area contributed by atoms with Crippen LogP contribution in [0.2, 0.25) is 0 Å². The maximum Gasteiger partial charge on any atom is 0.187 e. The van der Waals surface area contributed by atoms with Gasteiger partial charge in [-0.05, 0) is 19.1 Å². The van der Waals surface area contributed by atoms with Crippen LogP contribution in [0.5, 0.6) is 5.75 Å². The van der Waals surface area contributed by atoms with Crippen LogP contribution in [0, 0.1) is 6.92 Å². The quantitative estimate of drug-likeness (QED) is 0.661. The molecule has 0 saturated heterocycles. The number of aryl methyl sites for hydroxylation is 1. The van der Waals surface area contributed by atoms with E-state index in [2.05, 4.69) is 5.32 Å². The fourth-order valence-electron chi connectivity index (χ4n) is 1.79. The number of rotatable bonds is 5. The minimum absolute atomic E-state index is 0.0348. The van der Waals surface area contributed by atoms with Crippen LogP contribution in [-0.2, 0) is 0 Å². The predicted octanol–water partition coefficient (Wildman–Crippen LogP) is 3.81. The second-order valence-corrected chi connectivity index (χ2v) is 4.41. The number of para-hydroxylation sites is 2. The van der Waals surface area contributed by atoms with Gasteiger partial charge in [0.05, 0.1) is 12.8 Å². The van der Waals surface area contributed by atoms with Crippen molar-refractivity contribution in [1.29, 1.82) is 0 Å². The molecule has 0 aromatic heterocycles. The van der Waals surface area contributed by atoms with Crippen molar-refractivity contribution in [2.24, 2.45) is 0 Å². The average Bonchev–Trinajstić information content (AvgIpc) is 2.48. The highest BCUT2D eigenvalue weighted by Gasteiger charge is 2.01. The summed E-state index contributed by atoms with van der Waals surface area (Å²) in [7, 11) is 1.61. The Kier molecular flexibility index (Phi) is 4.56. The molecule has 102 valence electrons. The van der Waals surface area contributed by atoms with Crippen LogP contribution in [0.15, 0.2) is 60.8 Å². The summed E-state index contributed by atoms with van der Waals surface area (Å²) in [5, 5.41) is 3.05.